The van der Waals surface area contributed by atoms with Gasteiger partial charge in [0.15, 0.2) is 11.5 Å². The highest BCUT2D eigenvalue weighted by molar-refractivity contribution is 6.32. The topological polar surface area (TPSA) is 80.6 Å². The maximum atomic E-state index is 12.3. The van der Waals surface area contributed by atoms with Gasteiger partial charge in [0, 0.05) is 12.6 Å². The summed E-state index contributed by atoms with van der Waals surface area (Å²) in [5.41, 5.74) is 1.53. The summed E-state index contributed by atoms with van der Waals surface area (Å²) in [7, 11) is 1.61. The zero-order valence-electron chi connectivity index (χ0n) is 14.6. The molecule has 7 heteroatoms. The van der Waals surface area contributed by atoms with Crippen LogP contribution in [0.2, 0.25) is 5.02 Å². The minimum atomic E-state index is -0.459. The Morgan fingerprint density at radius 2 is 2.00 bits per heavy atom. The molecule has 0 unspecified atom stereocenters. The average molecular weight is 385 g/mol. The molecule has 0 bridgehead atoms. The molecule has 0 saturated heterocycles. The van der Waals surface area contributed by atoms with E-state index in [-0.39, 0.29) is 12.4 Å². The van der Waals surface area contributed by atoms with Gasteiger partial charge < -0.3 is 19.5 Å². The van der Waals surface area contributed by atoms with Gasteiger partial charge in [0.25, 0.3) is 5.91 Å². The zero-order chi connectivity index (χ0) is 19.2. The predicted octanol–water partition coefficient (Wildman–Crippen LogP) is 3.34. The molecule has 0 spiro atoms. The summed E-state index contributed by atoms with van der Waals surface area (Å²) in [6.45, 7) is 0.523. The molecule has 2 aromatic carbocycles. The van der Waals surface area contributed by atoms with Crippen LogP contribution in [-0.2, 0) is 11.2 Å². The van der Waals surface area contributed by atoms with Gasteiger partial charge in [-0.1, -0.05) is 23.7 Å². The van der Waals surface area contributed by atoms with Crippen molar-refractivity contribution in [2.75, 3.05) is 20.4 Å². The quantitative estimate of drug-likeness (QED) is 0.610. The Morgan fingerprint density at radius 3 is 2.67 bits per heavy atom. The number of nitrogens with zero attached hydrogens (tertiary/aromatic N) is 1. The molecular formula is C20H17ClN2O4. The number of methoxy groups -OCH3 is 1. The van der Waals surface area contributed by atoms with E-state index in [9.17, 15) is 10.1 Å². The number of halogens is 1. The van der Waals surface area contributed by atoms with Crippen LogP contribution in [0.3, 0.4) is 0 Å². The van der Waals surface area contributed by atoms with Crippen molar-refractivity contribution < 1.29 is 19.0 Å². The van der Waals surface area contributed by atoms with Gasteiger partial charge in [-0.15, -0.1) is 0 Å². The molecule has 2 aromatic rings. The molecule has 1 N–H and O–H groups in total. The van der Waals surface area contributed by atoms with E-state index in [1.165, 1.54) is 6.08 Å². The highest BCUT2D eigenvalue weighted by Crippen LogP contribution is 2.37. The lowest BCUT2D eigenvalue weighted by atomic mass is 10.1. The van der Waals surface area contributed by atoms with E-state index < -0.39 is 5.91 Å². The number of benzene rings is 2. The molecule has 1 amide bonds. The number of carbonyl (C=O) groups excluding carboxylic acids is 1. The third-order valence-corrected chi connectivity index (χ3v) is 4.34. The van der Waals surface area contributed by atoms with Gasteiger partial charge in [-0.3, -0.25) is 4.79 Å². The van der Waals surface area contributed by atoms with Crippen molar-refractivity contribution in [2.24, 2.45) is 0 Å². The summed E-state index contributed by atoms with van der Waals surface area (Å²) >= 11 is 6.19. The lowest BCUT2D eigenvalue weighted by Crippen LogP contribution is -2.26. The number of rotatable bonds is 6. The largest absolute Gasteiger partial charge is 0.497 e. The number of nitriles is 1. The number of nitrogens with one attached hydrogen (secondary N) is 1. The first-order valence-electron chi connectivity index (χ1n) is 8.23. The van der Waals surface area contributed by atoms with Gasteiger partial charge in [0.05, 0.1) is 12.1 Å². The predicted molar refractivity (Wildman–Crippen MR) is 101 cm³/mol. The first kappa shape index (κ1) is 18.6. The molecule has 0 radical (unpaired) electrons. The molecule has 0 aromatic heterocycles. The highest BCUT2D eigenvalue weighted by Gasteiger charge is 2.17. The normalized spacial score (nSPS) is 12.4. The van der Waals surface area contributed by atoms with E-state index in [1.54, 1.807) is 19.2 Å². The van der Waals surface area contributed by atoms with E-state index in [1.807, 2.05) is 30.3 Å². The van der Waals surface area contributed by atoms with Crippen LogP contribution in [0, 0.1) is 11.3 Å². The van der Waals surface area contributed by atoms with Crippen molar-refractivity contribution in [1.29, 1.82) is 5.26 Å². The van der Waals surface area contributed by atoms with Crippen molar-refractivity contribution in [1.82, 2.24) is 5.32 Å². The van der Waals surface area contributed by atoms with Crippen molar-refractivity contribution in [2.45, 2.75) is 6.42 Å². The van der Waals surface area contributed by atoms with E-state index in [2.05, 4.69) is 5.32 Å². The Kier molecular flexibility index (Phi) is 5.84. The Bertz CT molecular complexity index is 917. The van der Waals surface area contributed by atoms with Crippen LogP contribution in [0.15, 0.2) is 42.0 Å². The summed E-state index contributed by atoms with van der Waals surface area (Å²) in [6.07, 6.45) is 2.08. The van der Waals surface area contributed by atoms with Crippen LogP contribution in [0.25, 0.3) is 6.08 Å². The second kappa shape index (κ2) is 8.47. The van der Waals surface area contributed by atoms with E-state index in [0.29, 0.717) is 35.1 Å². The molecule has 3 rings (SSSR count). The number of hydrogen-bond donors (Lipinski definition) is 1. The average Bonchev–Trinajstić information content (AvgIpc) is 3.13. The molecule has 27 heavy (non-hydrogen) atoms. The molecule has 1 aliphatic heterocycles. The molecule has 1 aliphatic rings. The second-order valence-electron chi connectivity index (χ2n) is 5.75. The fourth-order valence-corrected chi connectivity index (χ4v) is 2.76. The first-order valence-corrected chi connectivity index (χ1v) is 8.60. The molecule has 0 aliphatic carbocycles. The third-order valence-electron chi connectivity index (χ3n) is 4.02. The van der Waals surface area contributed by atoms with Crippen molar-refractivity contribution >= 4 is 23.6 Å². The fraction of sp³-hybridized carbons (Fsp3) is 0.200. The van der Waals surface area contributed by atoms with Gasteiger partial charge in [0.2, 0.25) is 6.79 Å². The third kappa shape index (κ3) is 4.52. The van der Waals surface area contributed by atoms with Crippen LogP contribution < -0.4 is 19.5 Å². The number of ether oxygens (including phenoxy) is 3. The maximum absolute atomic E-state index is 12.3. The molecule has 0 saturated carbocycles. The van der Waals surface area contributed by atoms with Crippen LogP contribution in [-0.4, -0.2) is 26.4 Å². The number of hydrogen-bond acceptors (Lipinski definition) is 5. The fourth-order valence-electron chi connectivity index (χ4n) is 2.56. The molecule has 0 atom stereocenters. The van der Waals surface area contributed by atoms with Crippen LogP contribution in [0.5, 0.6) is 17.2 Å². The number of carbonyl (C=O) groups is 1. The first-order chi connectivity index (χ1) is 13.1. The van der Waals surface area contributed by atoms with Gasteiger partial charge >= 0.3 is 0 Å². The summed E-state index contributed by atoms with van der Waals surface area (Å²) in [5.74, 6) is 1.39. The van der Waals surface area contributed by atoms with E-state index in [4.69, 9.17) is 25.8 Å². The molecular weight excluding hydrogens is 368 g/mol. The monoisotopic (exact) mass is 384 g/mol. The van der Waals surface area contributed by atoms with E-state index >= 15 is 0 Å². The van der Waals surface area contributed by atoms with E-state index in [0.717, 1.165) is 11.3 Å². The standard InChI is InChI=1S/C20H17ClN2O4/c1-25-16-4-2-13(3-5-16)6-7-23-20(24)15(11-22)8-14-9-18-19(10-17(14)21)27-12-26-18/h2-5,8-10H,6-7,12H2,1H3,(H,23,24)/b15-8+. The lowest BCUT2D eigenvalue weighted by molar-refractivity contribution is -0.117. The lowest BCUT2D eigenvalue weighted by Gasteiger charge is -2.06. The minimum absolute atomic E-state index is 0.0366. The van der Waals surface area contributed by atoms with Gasteiger partial charge in [-0.2, -0.15) is 5.26 Å². The number of fused-ring (bicyclic) bond motifs is 1. The molecule has 1 heterocycles. The highest BCUT2D eigenvalue weighted by atomic mass is 35.5. The Labute approximate surface area is 161 Å². The van der Waals surface area contributed by atoms with Gasteiger partial charge in [-0.25, -0.2) is 0 Å². The van der Waals surface area contributed by atoms with Gasteiger partial charge in [0.1, 0.15) is 17.4 Å². The van der Waals surface area contributed by atoms with Crippen LogP contribution in [0.1, 0.15) is 11.1 Å². The SMILES string of the molecule is COc1ccc(CCNC(=O)/C(C#N)=C/c2cc3c(cc2Cl)OCO3)cc1. The Hall–Kier alpha value is -3.17. The number of amides is 1. The molecule has 6 nitrogen and oxygen atoms in total. The van der Waals surface area contributed by atoms with Crippen molar-refractivity contribution in [3.05, 3.63) is 58.1 Å². The maximum Gasteiger partial charge on any atom is 0.261 e. The Morgan fingerprint density at radius 1 is 1.30 bits per heavy atom. The second-order valence-corrected chi connectivity index (χ2v) is 6.16. The summed E-state index contributed by atoms with van der Waals surface area (Å²) in [6, 6.07) is 12.7. The smallest absolute Gasteiger partial charge is 0.261 e. The summed E-state index contributed by atoms with van der Waals surface area (Å²) in [5, 5.41) is 12.4. The molecule has 138 valence electrons. The van der Waals surface area contributed by atoms with Crippen LogP contribution >= 0.6 is 11.6 Å². The van der Waals surface area contributed by atoms with Crippen molar-refractivity contribution in [3.8, 4) is 23.3 Å². The summed E-state index contributed by atoms with van der Waals surface area (Å²) in [4.78, 5) is 12.3. The molecule has 0 fully saturated rings. The van der Waals surface area contributed by atoms with Crippen molar-refractivity contribution in [3.63, 3.8) is 0 Å². The van der Waals surface area contributed by atoms with Crippen LogP contribution in [0.4, 0.5) is 0 Å². The Balaban J connectivity index is 1.64. The zero-order valence-corrected chi connectivity index (χ0v) is 15.4. The minimum Gasteiger partial charge on any atom is -0.497 e. The van der Waals surface area contributed by atoms with Gasteiger partial charge in [-0.05, 0) is 41.8 Å². The summed E-state index contributed by atoms with van der Waals surface area (Å²) < 4.78 is 15.7.